The Labute approximate surface area is 204 Å². The highest BCUT2D eigenvalue weighted by molar-refractivity contribution is 5.92. The van der Waals surface area contributed by atoms with Gasteiger partial charge in [0.05, 0.1) is 17.7 Å². The fourth-order valence-corrected chi connectivity index (χ4v) is 5.44. The van der Waals surface area contributed by atoms with Crippen LogP contribution in [0, 0.1) is 5.92 Å². The largest absolute Gasteiger partial charge is 0.387 e. The maximum absolute atomic E-state index is 13.0. The van der Waals surface area contributed by atoms with Gasteiger partial charge in [0, 0.05) is 37.3 Å². The van der Waals surface area contributed by atoms with Gasteiger partial charge < -0.3 is 21.1 Å². The van der Waals surface area contributed by atoms with Crippen LogP contribution in [-0.4, -0.2) is 71.8 Å². The van der Waals surface area contributed by atoms with Gasteiger partial charge in [-0.1, -0.05) is 43.3 Å². The van der Waals surface area contributed by atoms with Gasteiger partial charge in [0.1, 0.15) is 12.0 Å². The van der Waals surface area contributed by atoms with Gasteiger partial charge in [0.2, 0.25) is 0 Å². The minimum Gasteiger partial charge on any atom is -0.387 e. The van der Waals surface area contributed by atoms with Crippen LogP contribution in [0.25, 0.3) is 0 Å². The monoisotopic (exact) mass is 476 g/mol. The zero-order valence-electron chi connectivity index (χ0n) is 20.0. The molecule has 2 aromatic heterocycles. The standard InChI is InChI=1S/C25H32N8O2/c1-3-20(22(34)18-7-5-4-6-8-18)29-16(2)11-17-9-10-21(27-12-17)24(35)32-13-19-23(25(19,26)14-32)33-15-28-30-31-33/h4-10,12,15-16,19-20,22-23,29,34H,3,11,13-14,26H2,1-2H3. The normalized spacial score (nSPS) is 25.7. The predicted octanol–water partition coefficient (Wildman–Crippen LogP) is 1.13. The number of nitrogens with one attached hydrogen (secondary N) is 1. The van der Waals surface area contributed by atoms with Crippen LogP contribution in [0.2, 0.25) is 0 Å². The molecule has 10 heteroatoms. The first kappa shape index (κ1) is 23.5. The SMILES string of the molecule is CCC(NC(C)Cc1ccc(C(=O)N2CC3C(n4cnnn4)C3(N)C2)nc1)C(O)c1ccccc1. The van der Waals surface area contributed by atoms with Gasteiger partial charge in [0.15, 0.2) is 0 Å². The van der Waals surface area contributed by atoms with Crippen molar-refractivity contribution in [3.8, 4) is 0 Å². The number of piperidine rings is 1. The number of aliphatic hydroxyl groups excluding tert-OH is 1. The lowest BCUT2D eigenvalue weighted by atomic mass is 9.98. The average Bonchev–Trinajstić information content (AvgIpc) is 3.25. The molecule has 1 aliphatic heterocycles. The molecule has 1 aromatic carbocycles. The van der Waals surface area contributed by atoms with Crippen LogP contribution in [0.5, 0.6) is 0 Å². The Balaban J connectivity index is 1.15. The number of amides is 1. The number of tetrazole rings is 1. The molecule has 1 saturated heterocycles. The van der Waals surface area contributed by atoms with E-state index in [2.05, 4.69) is 39.7 Å². The number of likely N-dealkylation sites (tertiary alicyclic amines) is 1. The highest BCUT2D eigenvalue weighted by Gasteiger charge is 2.69. The van der Waals surface area contributed by atoms with Crippen molar-refractivity contribution >= 4 is 5.91 Å². The fourth-order valence-electron chi connectivity index (χ4n) is 5.44. The molecule has 2 fully saturated rings. The van der Waals surface area contributed by atoms with Crippen molar-refractivity contribution in [1.82, 2.24) is 35.4 Å². The van der Waals surface area contributed by atoms with Crippen LogP contribution in [0.3, 0.4) is 0 Å². The number of carbonyl (C=O) groups is 1. The van der Waals surface area contributed by atoms with Crippen LogP contribution in [0.1, 0.15) is 54.0 Å². The van der Waals surface area contributed by atoms with Crippen molar-refractivity contribution in [2.75, 3.05) is 13.1 Å². The lowest BCUT2D eigenvalue weighted by Gasteiger charge is -2.27. The van der Waals surface area contributed by atoms with Crippen LogP contribution in [-0.2, 0) is 6.42 Å². The van der Waals surface area contributed by atoms with Gasteiger partial charge in [-0.3, -0.25) is 9.78 Å². The summed E-state index contributed by atoms with van der Waals surface area (Å²) in [6.07, 6.45) is 4.31. The van der Waals surface area contributed by atoms with Crippen molar-refractivity contribution in [2.24, 2.45) is 11.7 Å². The highest BCUT2D eigenvalue weighted by atomic mass is 16.3. The van der Waals surface area contributed by atoms with E-state index in [1.165, 1.54) is 0 Å². The number of hydrogen-bond acceptors (Lipinski definition) is 8. The third-order valence-corrected chi connectivity index (χ3v) is 7.38. The van der Waals surface area contributed by atoms with Crippen LogP contribution >= 0.6 is 0 Å². The van der Waals surface area contributed by atoms with Gasteiger partial charge in [-0.2, -0.15) is 0 Å². The molecular weight excluding hydrogens is 444 g/mol. The third kappa shape index (κ3) is 4.56. The Morgan fingerprint density at radius 2 is 2.09 bits per heavy atom. The molecule has 1 aliphatic carbocycles. The van der Waals surface area contributed by atoms with E-state index in [0.717, 1.165) is 24.0 Å². The molecule has 0 bridgehead atoms. The van der Waals surface area contributed by atoms with Crippen molar-refractivity contribution in [1.29, 1.82) is 0 Å². The molecule has 3 heterocycles. The van der Waals surface area contributed by atoms with Crippen LogP contribution < -0.4 is 11.1 Å². The smallest absolute Gasteiger partial charge is 0.272 e. The predicted molar refractivity (Wildman–Crippen MR) is 129 cm³/mol. The van der Waals surface area contributed by atoms with E-state index in [-0.39, 0.29) is 30.0 Å². The third-order valence-electron chi connectivity index (χ3n) is 7.38. The van der Waals surface area contributed by atoms with Crippen molar-refractivity contribution in [2.45, 2.75) is 56.5 Å². The lowest BCUT2D eigenvalue weighted by Crippen LogP contribution is -2.41. The quantitative estimate of drug-likeness (QED) is 0.418. The first-order chi connectivity index (χ1) is 16.9. The summed E-state index contributed by atoms with van der Waals surface area (Å²) in [5.41, 5.74) is 8.41. The van der Waals surface area contributed by atoms with Gasteiger partial charge >= 0.3 is 0 Å². The van der Waals surface area contributed by atoms with Gasteiger partial charge in [-0.25, -0.2) is 4.68 Å². The van der Waals surface area contributed by atoms with Crippen molar-refractivity contribution in [3.63, 3.8) is 0 Å². The van der Waals surface area contributed by atoms with E-state index in [4.69, 9.17) is 5.73 Å². The van der Waals surface area contributed by atoms with Crippen molar-refractivity contribution in [3.05, 3.63) is 71.8 Å². The molecule has 1 amide bonds. The molecule has 0 radical (unpaired) electrons. The number of pyridine rings is 1. The molecule has 2 aliphatic rings. The number of aliphatic hydroxyl groups is 1. The maximum Gasteiger partial charge on any atom is 0.272 e. The zero-order chi connectivity index (χ0) is 24.6. The number of nitrogens with zero attached hydrogens (tertiary/aromatic N) is 6. The summed E-state index contributed by atoms with van der Waals surface area (Å²) in [4.78, 5) is 19.2. The molecule has 4 N–H and O–H groups in total. The number of carbonyl (C=O) groups excluding carboxylic acids is 1. The summed E-state index contributed by atoms with van der Waals surface area (Å²) in [7, 11) is 0. The minimum atomic E-state index is -0.570. The molecule has 5 rings (SSSR count). The first-order valence-corrected chi connectivity index (χ1v) is 12.1. The summed E-state index contributed by atoms with van der Waals surface area (Å²) in [5.74, 6) is 0.0474. The number of fused-ring (bicyclic) bond motifs is 1. The molecule has 1 saturated carbocycles. The highest BCUT2D eigenvalue weighted by Crippen LogP contribution is 2.56. The molecule has 6 unspecified atom stereocenters. The van der Waals surface area contributed by atoms with Crippen LogP contribution in [0.15, 0.2) is 55.0 Å². The molecule has 10 nitrogen and oxygen atoms in total. The molecular formula is C25H32N8O2. The molecule has 35 heavy (non-hydrogen) atoms. The van der Waals surface area contributed by atoms with E-state index >= 15 is 0 Å². The summed E-state index contributed by atoms with van der Waals surface area (Å²) in [6, 6.07) is 13.6. The van der Waals surface area contributed by atoms with E-state index in [9.17, 15) is 9.90 Å². The molecule has 184 valence electrons. The second kappa shape index (κ2) is 9.44. The second-order valence-corrected chi connectivity index (χ2v) is 9.83. The summed E-state index contributed by atoms with van der Waals surface area (Å²) in [6.45, 7) is 5.20. The van der Waals surface area contributed by atoms with Gasteiger partial charge in [-0.05, 0) is 47.4 Å². The van der Waals surface area contributed by atoms with E-state index in [1.807, 2.05) is 36.4 Å². The second-order valence-electron chi connectivity index (χ2n) is 9.83. The lowest BCUT2D eigenvalue weighted by molar-refractivity contribution is 0.0758. The van der Waals surface area contributed by atoms with Gasteiger partial charge in [-0.15, -0.1) is 5.10 Å². The average molecular weight is 477 g/mol. The summed E-state index contributed by atoms with van der Waals surface area (Å²) >= 11 is 0. The summed E-state index contributed by atoms with van der Waals surface area (Å²) < 4.78 is 1.69. The number of nitrogens with two attached hydrogens (primary N) is 1. The minimum absolute atomic E-state index is 0.0400. The Kier molecular flexibility index (Phi) is 6.35. The first-order valence-electron chi connectivity index (χ1n) is 12.1. The van der Waals surface area contributed by atoms with Gasteiger partial charge in [0.25, 0.3) is 5.91 Å². The maximum atomic E-state index is 13.0. The molecule has 0 spiro atoms. The Morgan fingerprint density at radius 1 is 1.29 bits per heavy atom. The fraction of sp³-hybridized carbons (Fsp3) is 0.480. The number of rotatable bonds is 9. The number of hydrogen-bond donors (Lipinski definition) is 3. The summed E-state index contributed by atoms with van der Waals surface area (Å²) in [5, 5.41) is 25.6. The van der Waals surface area contributed by atoms with E-state index in [1.54, 1.807) is 28.2 Å². The molecule has 3 aromatic rings. The van der Waals surface area contributed by atoms with Crippen molar-refractivity contribution < 1.29 is 9.90 Å². The Bertz CT molecular complexity index is 1140. The van der Waals surface area contributed by atoms with Crippen LogP contribution in [0.4, 0.5) is 0 Å². The Morgan fingerprint density at radius 3 is 2.69 bits per heavy atom. The zero-order valence-corrected chi connectivity index (χ0v) is 20.0. The van der Waals surface area contributed by atoms with E-state index < -0.39 is 11.6 Å². The number of aromatic nitrogens is 5. The number of benzene rings is 1. The van der Waals surface area contributed by atoms with E-state index in [0.29, 0.717) is 18.8 Å². The Hall–Kier alpha value is -3.21. The molecule has 6 atom stereocenters. The topological polar surface area (TPSA) is 135 Å².